The van der Waals surface area contributed by atoms with Gasteiger partial charge < -0.3 is 9.74 Å². The number of anilines is 1. The summed E-state index contributed by atoms with van der Waals surface area (Å²) in [6.07, 6.45) is 4.72. The lowest BCUT2D eigenvalue weighted by Gasteiger charge is -2.45. The van der Waals surface area contributed by atoms with Crippen LogP contribution in [0.15, 0.2) is 48.5 Å². The third-order valence-corrected chi connectivity index (χ3v) is 13.0. The zero-order chi connectivity index (χ0) is 23.9. The number of hydrogen-bond donors (Lipinski definition) is 1. The number of carbonyl (C=O) groups is 1. The Bertz CT molecular complexity index is 1010. The van der Waals surface area contributed by atoms with Crippen LogP contribution in [-0.4, -0.2) is 20.8 Å². The fourth-order valence-corrected chi connectivity index (χ4v) is 6.75. The second kappa shape index (κ2) is 8.99. The highest BCUT2D eigenvalue weighted by molar-refractivity contribution is 6.74. The van der Waals surface area contributed by atoms with Gasteiger partial charge in [-0.3, -0.25) is 4.79 Å². The van der Waals surface area contributed by atoms with E-state index in [-0.39, 0.29) is 28.6 Å². The molecule has 0 saturated heterocycles. The van der Waals surface area contributed by atoms with Gasteiger partial charge in [-0.05, 0) is 78.6 Å². The van der Waals surface area contributed by atoms with Gasteiger partial charge in [0.2, 0.25) is 5.91 Å². The van der Waals surface area contributed by atoms with Gasteiger partial charge in [-0.25, -0.2) is 4.39 Å². The van der Waals surface area contributed by atoms with E-state index in [4.69, 9.17) is 4.43 Å². The first-order valence-electron chi connectivity index (χ1n) is 12.4. The van der Waals surface area contributed by atoms with Gasteiger partial charge in [0, 0.05) is 12.3 Å². The van der Waals surface area contributed by atoms with Crippen LogP contribution in [-0.2, 0) is 14.6 Å². The molecule has 1 saturated carbocycles. The van der Waals surface area contributed by atoms with Crippen LogP contribution < -0.4 is 5.32 Å². The minimum Gasteiger partial charge on any atom is -0.417 e. The first-order valence-corrected chi connectivity index (χ1v) is 15.3. The Morgan fingerprint density at radius 3 is 2.64 bits per heavy atom. The number of hydrogen-bond acceptors (Lipinski definition) is 2. The SMILES string of the molecule is CC(C)(C)[Si](C)(C)OCCC(c1cccc(F)c1)C1CCCC[C@@]12C(=O)Nc1ccccc12. The molecule has 5 heteroatoms. The first-order chi connectivity index (χ1) is 15.6. The van der Waals surface area contributed by atoms with Gasteiger partial charge in [0.05, 0.1) is 5.41 Å². The summed E-state index contributed by atoms with van der Waals surface area (Å²) in [6.45, 7) is 11.9. The molecule has 0 aromatic heterocycles. The monoisotopic (exact) mass is 467 g/mol. The van der Waals surface area contributed by atoms with Crippen molar-refractivity contribution in [3.8, 4) is 0 Å². The Balaban J connectivity index is 1.71. The minimum atomic E-state index is -1.90. The summed E-state index contributed by atoms with van der Waals surface area (Å²) in [5, 5.41) is 3.31. The van der Waals surface area contributed by atoms with Crippen LogP contribution in [0, 0.1) is 11.7 Å². The van der Waals surface area contributed by atoms with Gasteiger partial charge in [-0.15, -0.1) is 0 Å². The molecule has 2 aliphatic rings. The molecule has 1 N–H and O–H groups in total. The molecule has 2 aromatic carbocycles. The smallest absolute Gasteiger partial charge is 0.235 e. The van der Waals surface area contributed by atoms with Crippen molar-refractivity contribution >= 4 is 19.9 Å². The van der Waals surface area contributed by atoms with Gasteiger partial charge in [0.1, 0.15) is 5.82 Å². The van der Waals surface area contributed by atoms with E-state index < -0.39 is 13.7 Å². The maximum absolute atomic E-state index is 14.3. The second-order valence-corrected chi connectivity index (χ2v) is 16.2. The van der Waals surface area contributed by atoms with Crippen LogP contribution in [0.5, 0.6) is 0 Å². The minimum absolute atomic E-state index is 0.0580. The van der Waals surface area contributed by atoms with Crippen LogP contribution in [0.2, 0.25) is 18.1 Å². The number of nitrogens with one attached hydrogen (secondary N) is 1. The van der Waals surface area contributed by atoms with Gasteiger partial charge in [-0.2, -0.15) is 0 Å². The molecular weight excluding hydrogens is 429 g/mol. The van der Waals surface area contributed by atoms with Gasteiger partial charge in [-0.1, -0.05) is 63.9 Å². The van der Waals surface area contributed by atoms with Crippen LogP contribution in [0.3, 0.4) is 0 Å². The Morgan fingerprint density at radius 1 is 1.15 bits per heavy atom. The summed E-state index contributed by atoms with van der Waals surface area (Å²) >= 11 is 0. The van der Waals surface area contributed by atoms with E-state index in [9.17, 15) is 9.18 Å². The summed E-state index contributed by atoms with van der Waals surface area (Å²) < 4.78 is 20.9. The molecule has 1 aliphatic heterocycles. The zero-order valence-corrected chi connectivity index (χ0v) is 21.7. The molecule has 3 atom stereocenters. The Kier molecular flexibility index (Phi) is 6.58. The van der Waals surface area contributed by atoms with Crippen LogP contribution >= 0.6 is 0 Å². The third-order valence-electron chi connectivity index (χ3n) is 8.49. The fraction of sp³-hybridized carbons (Fsp3) is 0.536. The lowest BCUT2D eigenvalue weighted by atomic mass is 9.57. The lowest BCUT2D eigenvalue weighted by molar-refractivity contribution is -0.124. The maximum atomic E-state index is 14.3. The highest BCUT2D eigenvalue weighted by Crippen LogP contribution is 2.55. The van der Waals surface area contributed by atoms with Gasteiger partial charge in [0.25, 0.3) is 0 Å². The van der Waals surface area contributed by atoms with E-state index >= 15 is 0 Å². The first kappa shape index (κ1) is 24.2. The average molecular weight is 468 g/mol. The highest BCUT2D eigenvalue weighted by atomic mass is 28.4. The van der Waals surface area contributed by atoms with Gasteiger partial charge >= 0.3 is 0 Å². The number of amides is 1. The standard InChI is InChI=1S/C28H38FNO2Si/c1-27(2,3)33(4,5)32-18-16-22(20-11-10-12-21(29)19-20)23-13-8-9-17-28(23)24-14-6-7-15-25(24)30-26(28)31/h6-7,10-12,14-15,19,22-23H,8-9,13,16-18H2,1-5H3,(H,30,31)/t22?,23?,28-/m1/s1. The molecule has 1 fully saturated rings. The Labute approximate surface area is 199 Å². The molecule has 0 radical (unpaired) electrons. The van der Waals surface area contributed by atoms with E-state index in [1.807, 2.05) is 24.3 Å². The molecule has 2 unspecified atom stereocenters. The molecule has 0 bridgehead atoms. The summed E-state index contributed by atoms with van der Waals surface area (Å²) in [7, 11) is -1.90. The van der Waals surface area contributed by atoms with Crippen molar-refractivity contribution in [3.05, 3.63) is 65.5 Å². The Hall–Kier alpha value is -1.98. The molecule has 2 aromatic rings. The molecule has 1 spiro atoms. The Morgan fingerprint density at radius 2 is 1.91 bits per heavy atom. The van der Waals surface area contributed by atoms with Crippen molar-refractivity contribution in [2.75, 3.05) is 11.9 Å². The lowest BCUT2D eigenvalue weighted by Crippen LogP contribution is -2.47. The number of rotatable bonds is 6. The molecule has 33 heavy (non-hydrogen) atoms. The van der Waals surface area contributed by atoms with Crippen molar-refractivity contribution < 1.29 is 13.6 Å². The quantitative estimate of drug-likeness (QED) is 0.449. The molecule has 1 heterocycles. The zero-order valence-electron chi connectivity index (χ0n) is 20.7. The average Bonchev–Trinajstić information content (AvgIpc) is 3.03. The molecule has 3 nitrogen and oxygen atoms in total. The van der Waals surface area contributed by atoms with Crippen LogP contribution in [0.25, 0.3) is 0 Å². The van der Waals surface area contributed by atoms with E-state index in [1.165, 1.54) is 6.07 Å². The van der Waals surface area contributed by atoms with Gasteiger partial charge in [0.15, 0.2) is 8.32 Å². The normalized spacial score (nSPS) is 23.9. The maximum Gasteiger partial charge on any atom is 0.235 e. The summed E-state index contributed by atoms with van der Waals surface area (Å²) in [6, 6.07) is 15.1. The second-order valence-electron chi connectivity index (χ2n) is 11.4. The summed E-state index contributed by atoms with van der Waals surface area (Å²) in [4.78, 5) is 13.6. The van der Waals surface area contributed by atoms with E-state index in [0.29, 0.717) is 6.61 Å². The number of para-hydroxylation sites is 1. The topological polar surface area (TPSA) is 38.3 Å². The predicted octanol–water partition coefficient (Wildman–Crippen LogP) is 7.40. The van der Waals surface area contributed by atoms with Crippen molar-refractivity contribution in [2.24, 2.45) is 5.92 Å². The van der Waals surface area contributed by atoms with Crippen molar-refractivity contribution in [1.29, 1.82) is 0 Å². The molecule has 1 amide bonds. The van der Waals surface area contributed by atoms with E-state index in [0.717, 1.165) is 48.9 Å². The summed E-state index contributed by atoms with van der Waals surface area (Å²) in [5.41, 5.74) is 2.48. The van der Waals surface area contributed by atoms with Crippen molar-refractivity contribution in [3.63, 3.8) is 0 Å². The number of benzene rings is 2. The fourth-order valence-electron chi connectivity index (χ4n) is 5.69. The largest absolute Gasteiger partial charge is 0.417 e. The third kappa shape index (κ3) is 4.42. The number of halogens is 1. The predicted molar refractivity (Wildman–Crippen MR) is 136 cm³/mol. The molecular formula is C28H38FNO2Si. The number of carbonyl (C=O) groups excluding carboxylic acids is 1. The molecule has 178 valence electrons. The summed E-state index contributed by atoms with van der Waals surface area (Å²) in [5.74, 6) is 0.0615. The van der Waals surface area contributed by atoms with E-state index in [2.05, 4.69) is 45.2 Å². The van der Waals surface area contributed by atoms with Crippen molar-refractivity contribution in [1.82, 2.24) is 0 Å². The molecule has 1 aliphatic carbocycles. The highest BCUT2D eigenvalue weighted by Gasteiger charge is 2.55. The number of fused-ring (bicyclic) bond motifs is 2. The van der Waals surface area contributed by atoms with Crippen LogP contribution in [0.4, 0.5) is 10.1 Å². The molecule has 4 rings (SSSR count). The van der Waals surface area contributed by atoms with Crippen LogP contribution in [0.1, 0.15) is 69.9 Å². The van der Waals surface area contributed by atoms with E-state index in [1.54, 1.807) is 12.1 Å². The van der Waals surface area contributed by atoms with Crippen molar-refractivity contribution in [2.45, 2.75) is 82.3 Å².